The lowest BCUT2D eigenvalue weighted by Gasteiger charge is -2.19. The summed E-state index contributed by atoms with van der Waals surface area (Å²) in [7, 11) is 3.58. The SMILES string of the molecule is COc1ccc(N(C)c2cc(NN)nc(SC)n2)cc1. The van der Waals surface area contributed by atoms with Gasteiger partial charge in [-0.2, -0.15) is 0 Å². The van der Waals surface area contributed by atoms with Crippen LogP contribution in [0.4, 0.5) is 17.3 Å². The summed E-state index contributed by atoms with van der Waals surface area (Å²) in [6, 6.07) is 9.55. The zero-order chi connectivity index (χ0) is 14.5. The van der Waals surface area contributed by atoms with E-state index < -0.39 is 0 Å². The average molecular weight is 291 g/mol. The molecular formula is C13H17N5OS. The maximum Gasteiger partial charge on any atom is 0.191 e. The van der Waals surface area contributed by atoms with Crippen molar-refractivity contribution in [2.45, 2.75) is 5.16 Å². The van der Waals surface area contributed by atoms with Gasteiger partial charge in [-0.25, -0.2) is 15.8 Å². The van der Waals surface area contributed by atoms with Crippen LogP contribution in [0.1, 0.15) is 0 Å². The van der Waals surface area contributed by atoms with Gasteiger partial charge in [0.05, 0.1) is 7.11 Å². The minimum absolute atomic E-state index is 0.583. The lowest BCUT2D eigenvalue weighted by atomic mass is 10.3. The van der Waals surface area contributed by atoms with Crippen molar-refractivity contribution in [3.8, 4) is 5.75 Å². The molecule has 0 atom stereocenters. The molecule has 2 aromatic rings. The van der Waals surface area contributed by atoms with Gasteiger partial charge in [-0.15, -0.1) is 0 Å². The quantitative estimate of drug-likeness (QED) is 0.379. The van der Waals surface area contributed by atoms with Crippen molar-refractivity contribution in [3.63, 3.8) is 0 Å². The first kappa shape index (κ1) is 14.4. The van der Waals surface area contributed by atoms with Crippen molar-refractivity contribution >= 4 is 29.1 Å². The lowest BCUT2D eigenvalue weighted by Crippen LogP contribution is -2.15. The molecule has 0 unspecified atom stereocenters. The van der Waals surface area contributed by atoms with Crippen LogP contribution in [0.25, 0.3) is 0 Å². The second kappa shape index (κ2) is 6.44. The molecule has 0 saturated carbocycles. The summed E-state index contributed by atoms with van der Waals surface area (Å²) in [5.41, 5.74) is 3.56. The van der Waals surface area contributed by atoms with Gasteiger partial charge in [-0.1, -0.05) is 11.8 Å². The molecule has 0 spiro atoms. The maximum absolute atomic E-state index is 5.43. The molecule has 0 amide bonds. The number of benzene rings is 1. The number of nitrogens with zero attached hydrogens (tertiary/aromatic N) is 3. The van der Waals surface area contributed by atoms with Gasteiger partial charge in [-0.05, 0) is 30.5 Å². The molecule has 1 heterocycles. The van der Waals surface area contributed by atoms with Crippen LogP contribution in [0.2, 0.25) is 0 Å². The highest BCUT2D eigenvalue weighted by Gasteiger charge is 2.09. The molecule has 0 radical (unpaired) electrons. The number of aromatic nitrogens is 2. The summed E-state index contributed by atoms with van der Waals surface area (Å²) < 4.78 is 5.15. The number of hydrogen-bond acceptors (Lipinski definition) is 7. The van der Waals surface area contributed by atoms with E-state index in [1.807, 2.05) is 42.5 Å². The van der Waals surface area contributed by atoms with E-state index in [1.165, 1.54) is 11.8 Å². The molecule has 0 bridgehead atoms. The highest BCUT2D eigenvalue weighted by Crippen LogP contribution is 2.26. The van der Waals surface area contributed by atoms with Gasteiger partial charge in [0.1, 0.15) is 17.4 Å². The molecule has 20 heavy (non-hydrogen) atoms. The number of rotatable bonds is 5. The number of thioether (sulfide) groups is 1. The Hall–Kier alpha value is -1.99. The first-order valence-electron chi connectivity index (χ1n) is 5.95. The zero-order valence-electron chi connectivity index (χ0n) is 11.6. The minimum Gasteiger partial charge on any atom is -0.497 e. The summed E-state index contributed by atoms with van der Waals surface area (Å²) in [6.07, 6.45) is 1.92. The van der Waals surface area contributed by atoms with Crippen LogP contribution >= 0.6 is 11.8 Å². The van der Waals surface area contributed by atoms with Gasteiger partial charge in [0.15, 0.2) is 5.16 Å². The van der Waals surface area contributed by atoms with E-state index in [-0.39, 0.29) is 0 Å². The number of hydrazine groups is 1. The molecule has 3 N–H and O–H groups in total. The fraction of sp³-hybridized carbons (Fsp3) is 0.231. The number of methoxy groups -OCH3 is 1. The third kappa shape index (κ3) is 3.12. The maximum atomic E-state index is 5.43. The van der Waals surface area contributed by atoms with E-state index >= 15 is 0 Å². The van der Waals surface area contributed by atoms with Crippen molar-refractivity contribution in [2.75, 3.05) is 30.7 Å². The zero-order valence-corrected chi connectivity index (χ0v) is 12.4. The molecule has 0 aliphatic carbocycles. The summed E-state index contributed by atoms with van der Waals surface area (Å²) >= 11 is 1.47. The lowest BCUT2D eigenvalue weighted by molar-refractivity contribution is 0.415. The largest absolute Gasteiger partial charge is 0.497 e. The van der Waals surface area contributed by atoms with Crippen molar-refractivity contribution in [1.29, 1.82) is 0 Å². The third-order valence-electron chi connectivity index (χ3n) is 2.83. The molecule has 1 aromatic carbocycles. The van der Waals surface area contributed by atoms with E-state index in [1.54, 1.807) is 13.2 Å². The van der Waals surface area contributed by atoms with Crippen molar-refractivity contribution < 1.29 is 4.74 Å². The van der Waals surface area contributed by atoms with Crippen molar-refractivity contribution in [3.05, 3.63) is 30.3 Å². The van der Waals surface area contributed by atoms with Crippen LogP contribution in [0.3, 0.4) is 0 Å². The molecule has 6 nitrogen and oxygen atoms in total. The topological polar surface area (TPSA) is 76.3 Å². The molecule has 2 rings (SSSR count). The van der Waals surface area contributed by atoms with E-state index in [9.17, 15) is 0 Å². The first-order valence-corrected chi connectivity index (χ1v) is 7.18. The predicted octanol–water partition coefficient (Wildman–Crippen LogP) is 2.26. The molecule has 0 saturated heterocycles. The van der Waals surface area contributed by atoms with E-state index in [0.717, 1.165) is 17.3 Å². The minimum atomic E-state index is 0.583. The summed E-state index contributed by atoms with van der Waals surface area (Å²) in [6.45, 7) is 0. The Balaban J connectivity index is 2.33. The Labute approximate surface area is 122 Å². The van der Waals surface area contributed by atoms with E-state index in [0.29, 0.717) is 11.0 Å². The van der Waals surface area contributed by atoms with Crippen LogP contribution in [-0.2, 0) is 0 Å². The number of anilines is 3. The average Bonchev–Trinajstić information content (AvgIpc) is 2.53. The van der Waals surface area contributed by atoms with Gasteiger partial charge in [0, 0.05) is 18.8 Å². The second-order valence-corrected chi connectivity index (χ2v) is 4.77. The van der Waals surface area contributed by atoms with E-state index in [2.05, 4.69) is 15.4 Å². The Kier molecular flexibility index (Phi) is 4.65. The summed E-state index contributed by atoms with van der Waals surface area (Å²) in [5.74, 6) is 7.60. The van der Waals surface area contributed by atoms with Crippen LogP contribution in [0.5, 0.6) is 5.75 Å². The van der Waals surface area contributed by atoms with E-state index in [4.69, 9.17) is 10.6 Å². The fourth-order valence-electron chi connectivity index (χ4n) is 1.69. The van der Waals surface area contributed by atoms with Crippen molar-refractivity contribution in [1.82, 2.24) is 9.97 Å². The molecular weight excluding hydrogens is 274 g/mol. The van der Waals surface area contributed by atoms with Crippen LogP contribution in [0, 0.1) is 0 Å². The summed E-state index contributed by atoms with van der Waals surface area (Å²) in [4.78, 5) is 10.7. The number of nitrogens with one attached hydrogen (secondary N) is 1. The standard InChI is InChI=1S/C13H17N5OS/c1-18(9-4-6-10(19-2)7-5-9)12-8-11(17-14)15-13(16-12)20-3/h4-8H,14H2,1-3H3,(H,15,16,17). The van der Waals surface area contributed by atoms with Gasteiger partial charge in [0.2, 0.25) is 0 Å². The third-order valence-corrected chi connectivity index (χ3v) is 3.37. The highest BCUT2D eigenvalue weighted by molar-refractivity contribution is 7.98. The Bertz CT molecular complexity index is 553. The predicted molar refractivity (Wildman–Crippen MR) is 82.7 cm³/mol. The Morgan fingerprint density at radius 2 is 1.95 bits per heavy atom. The number of nitrogens with two attached hydrogens (primary N) is 1. The fourth-order valence-corrected chi connectivity index (χ4v) is 2.06. The van der Waals surface area contributed by atoms with Gasteiger partial charge < -0.3 is 15.1 Å². The van der Waals surface area contributed by atoms with Gasteiger partial charge >= 0.3 is 0 Å². The number of hydrogen-bond donors (Lipinski definition) is 2. The Morgan fingerprint density at radius 1 is 1.25 bits per heavy atom. The molecule has 1 aromatic heterocycles. The number of ether oxygens (including phenoxy) is 1. The summed E-state index contributed by atoms with van der Waals surface area (Å²) in [5, 5.41) is 0.663. The smallest absolute Gasteiger partial charge is 0.191 e. The normalized spacial score (nSPS) is 10.2. The number of nitrogen functional groups attached to an aromatic ring is 1. The first-order chi connectivity index (χ1) is 9.67. The monoisotopic (exact) mass is 291 g/mol. The van der Waals surface area contributed by atoms with Gasteiger partial charge in [0.25, 0.3) is 0 Å². The van der Waals surface area contributed by atoms with Crippen molar-refractivity contribution in [2.24, 2.45) is 5.84 Å². The highest BCUT2D eigenvalue weighted by atomic mass is 32.2. The second-order valence-electron chi connectivity index (χ2n) is 4.00. The van der Waals surface area contributed by atoms with Crippen LogP contribution < -0.4 is 20.9 Å². The Morgan fingerprint density at radius 3 is 2.50 bits per heavy atom. The molecule has 106 valence electrons. The van der Waals surface area contributed by atoms with Crippen LogP contribution in [0.15, 0.2) is 35.5 Å². The van der Waals surface area contributed by atoms with Crippen LogP contribution in [-0.4, -0.2) is 30.4 Å². The van der Waals surface area contributed by atoms with Gasteiger partial charge in [-0.3, -0.25) is 0 Å². The molecule has 0 aliphatic rings. The molecule has 7 heteroatoms. The molecule has 0 fully saturated rings. The molecule has 0 aliphatic heterocycles.